The van der Waals surface area contributed by atoms with Crippen LogP contribution in [0.3, 0.4) is 0 Å². The molecule has 1 amide bonds. The normalized spacial score (nSPS) is 17.9. The first kappa shape index (κ1) is 11.5. The fourth-order valence-corrected chi connectivity index (χ4v) is 1.37. The van der Waals surface area contributed by atoms with E-state index in [9.17, 15) is 4.79 Å². The van der Waals surface area contributed by atoms with Gasteiger partial charge in [0, 0.05) is 26.2 Å². The molecule has 1 rings (SSSR count). The number of carbonyl (C=O) groups is 1. The molecule has 0 heterocycles. The van der Waals surface area contributed by atoms with Crippen LogP contribution in [0.2, 0.25) is 0 Å². The molecule has 0 aromatic heterocycles. The van der Waals surface area contributed by atoms with Crippen LogP contribution in [-0.2, 0) is 9.53 Å². The van der Waals surface area contributed by atoms with Crippen LogP contribution in [-0.4, -0.2) is 31.2 Å². The second-order valence-electron chi connectivity index (χ2n) is 3.83. The van der Waals surface area contributed by atoms with Crippen molar-refractivity contribution in [3.8, 4) is 0 Å². The van der Waals surface area contributed by atoms with Crippen LogP contribution in [0.25, 0.3) is 0 Å². The Kier molecular flexibility index (Phi) is 4.35. The lowest BCUT2D eigenvalue weighted by atomic mass is 10.2. The van der Waals surface area contributed by atoms with Crippen molar-refractivity contribution in [1.82, 2.24) is 5.32 Å². The quantitative estimate of drug-likeness (QED) is 0.585. The molecule has 1 saturated carbocycles. The first-order valence-electron chi connectivity index (χ1n) is 5.31. The summed E-state index contributed by atoms with van der Waals surface area (Å²) in [7, 11) is 0. The Labute approximate surface area is 85.2 Å². The van der Waals surface area contributed by atoms with Crippen molar-refractivity contribution in [1.29, 1.82) is 0 Å². The van der Waals surface area contributed by atoms with Crippen LogP contribution in [0.1, 0.15) is 32.6 Å². The van der Waals surface area contributed by atoms with E-state index in [2.05, 4.69) is 5.32 Å². The number of nitrogens with one attached hydrogen (secondary N) is 1. The summed E-state index contributed by atoms with van der Waals surface area (Å²) in [6, 6.07) is 0. The van der Waals surface area contributed by atoms with Gasteiger partial charge in [-0.1, -0.05) is 0 Å². The first-order chi connectivity index (χ1) is 6.72. The highest BCUT2D eigenvalue weighted by atomic mass is 16.5. The van der Waals surface area contributed by atoms with E-state index in [4.69, 9.17) is 10.5 Å². The fraction of sp³-hybridized carbons (Fsp3) is 0.900. The van der Waals surface area contributed by atoms with E-state index < -0.39 is 0 Å². The summed E-state index contributed by atoms with van der Waals surface area (Å²) < 4.78 is 5.15. The van der Waals surface area contributed by atoms with E-state index in [1.807, 2.05) is 6.92 Å². The number of ether oxygens (including phenoxy) is 1. The van der Waals surface area contributed by atoms with E-state index in [1.54, 1.807) is 0 Å². The Morgan fingerprint density at radius 2 is 2.29 bits per heavy atom. The zero-order valence-electron chi connectivity index (χ0n) is 8.84. The minimum atomic E-state index is -0.0529. The summed E-state index contributed by atoms with van der Waals surface area (Å²) >= 11 is 0. The summed E-state index contributed by atoms with van der Waals surface area (Å²) in [5, 5.41) is 2.97. The smallest absolute Gasteiger partial charge is 0.220 e. The van der Waals surface area contributed by atoms with Gasteiger partial charge in [-0.15, -0.1) is 0 Å². The molecule has 4 nitrogen and oxygen atoms in total. The summed E-state index contributed by atoms with van der Waals surface area (Å²) in [5.74, 6) is 0.104. The number of hydrogen-bond acceptors (Lipinski definition) is 3. The highest BCUT2D eigenvalue weighted by Gasteiger charge is 2.42. The lowest BCUT2D eigenvalue weighted by molar-refractivity contribution is -0.122. The van der Waals surface area contributed by atoms with Gasteiger partial charge >= 0.3 is 0 Å². The van der Waals surface area contributed by atoms with Gasteiger partial charge in [0.1, 0.15) is 0 Å². The Morgan fingerprint density at radius 3 is 2.79 bits per heavy atom. The van der Waals surface area contributed by atoms with Gasteiger partial charge in [-0.05, 0) is 26.2 Å². The zero-order valence-corrected chi connectivity index (χ0v) is 8.84. The third-order valence-corrected chi connectivity index (χ3v) is 2.55. The minimum Gasteiger partial charge on any atom is -0.382 e. The van der Waals surface area contributed by atoms with E-state index in [1.165, 1.54) is 0 Å². The Hall–Kier alpha value is -0.610. The Morgan fingerprint density at radius 1 is 1.57 bits per heavy atom. The van der Waals surface area contributed by atoms with Crippen molar-refractivity contribution in [2.75, 3.05) is 19.8 Å². The van der Waals surface area contributed by atoms with Gasteiger partial charge in [0.05, 0.1) is 5.54 Å². The first-order valence-corrected chi connectivity index (χ1v) is 5.31. The monoisotopic (exact) mass is 200 g/mol. The second-order valence-corrected chi connectivity index (χ2v) is 3.83. The van der Waals surface area contributed by atoms with Crippen LogP contribution >= 0.6 is 0 Å². The van der Waals surface area contributed by atoms with Gasteiger partial charge < -0.3 is 15.8 Å². The average molecular weight is 200 g/mol. The highest BCUT2D eigenvalue weighted by Crippen LogP contribution is 2.33. The molecule has 0 atom stereocenters. The standard InChI is InChI=1S/C10H20N2O2/c1-2-14-7-3-4-9(13)12-10(8-11)5-6-10/h2-8,11H2,1H3,(H,12,13). The topological polar surface area (TPSA) is 64.3 Å². The number of amides is 1. The van der Waals surface area contributed by atoms with Crippen molar-refractivity contribution in [2.45, 2.75) is 38.1 Å². The van der Waals surface area contributed by atoms with Crippen molar-refractivity contribution in [3.63, 3.8) is 0 Å². The molecule has 0 bridgehead atoms. The molecule has 0 aliphatic heterocycles. The minimum absolute atomic E-state index is 0.0529. The maximum absolute atomic E-state index is 11.4. The van der Waals surface area contributed by atoms with E-state index in [0.29, 0.717) is 26.2 Å². The second kappa shape index (κ2) is 5.32. The SMILES string of the molecule is CCOCCCC(=O)NC1(CN)CC1. The van der Waals surface area contributed by atoms with Gasteiger partial charge in [0.15, 0.2) is 0 Å². The van der Waals surface area contributed by atoms with Gasteiger partial charge in [-0.25, -0.2) is 0 Å². The largest absolute Gasteiger partial charge is 0.382 e. The van der Waals surface area contributed by atoms with E-state index >= 15 is 0 Å². The molecular formula is C10H20N2O2. The number of nitrogens with two attached hydrogens (primary N) is 1. The molecule has 0 spiro atoms. The van der Waals surface area contributed by atoms with Crippen LogP contribution in [0, 0.1) is 0 Å². The number of hydrogen-bond donors (Lipinski definition) is 2. The van der Waals surface area contributed by atoms with Gasteiger partial charge in [0.25, 0.3) is 0 Å². The summed E-state index contributed by atoms with van der Waals surface area (Å²) in [6.07, 6.45) is 3.39. The Balaban J connectivity index is 2.04. The Bertz CT molecular complexity index is 191. The van der Waals surface area contributed by atoms with E-state index in [-0.39, 0.29) is 11.4 Å². The van der Waals surface area contributed by atoms with Crippen LogP contribution < -0.4 is 11.1 Å². The molecule has 1 fully saturated rings. The molecule has 3 N–H and O–H groups in total. The van der Waals surface area contributed by atoms with E-state index in [0.717, 1.165) is 19.3 Å². The third kappa shape index (κ3) is 3.64. The molecule has 1 aliphatic rings. The third-order valence-electron chi connectivity index (χ3n) is 2.55. The predicted octanol–water partition coefficient (Wildman–Crippen LogP) is 0.411. The molecule has 0 radical (unpaired) electrons. The van der Waals surface area contributed by atoms with Gasteiger partial charge in [0.2, 0.25) is 5.91 Å². The predicted molar refractivity (Wildman–Crippen MR) is 54.9 cm³/mol. The van der Waals surface area contributed by atoms with Crippen LogP contribution in [0.5, 0.6) is 0 Å². The molecule has 0 aromatic rings. The lowest BCUT2D eigenvalue weighted by Crippen LogP contribution is -2.42. The molecule has 1 aliphatic carbocycles. The molecule has 82 valence electrons. The summed E-state index contributed by atoms with van der Waals surface area (Å²) in [5.41, 5.74) is 5.50. The highest BCUT2D eigenvalue weighted by molar-refractivity contribution is 5.77. The van der Waals surface area contributed by atoms with Crippen molar-refractivity contribution in [2.24, 2.45) is 5.73 Å². The summed E-state index contributed by atoms with van der Waals surface area (Å²) in [6.45, 7) is 3.89. The molecule has 0 aromatic carbocycles. The fourth-order valence-electron chi connectivity index (χ4n) is 1.37. The molecular weight excluding hydrogens is 180 g/mol. The van der Waals surface area contributed by atoms with Gasteiger partial charge in [-0.3, -0.25) is 4.79 Å². The number of rotatable bonds is 7. The zero-order chi connectivity index (χ0) is 10.4. The number of carbonyl (C=O) groups excluding carboxylic acids is 1. The molecule has 4 heteroatoms. The summed E-state index contributed by atoms with van der Waals surface area (Å²) in [4.78, 5) is 11.4. The maximum Gasteiger partial charge on any atom is 0.220 e. The van der Waals surface area contributed by atoms with Crippen LogP contribution in [0.4, 0.5) is 0 Å². The lowest BCUT2D eigenvalue weighted by Gasteiger charge is -2.14. The van der Waals surface area contributed by atoms with Crippen molar-refractivity contribution < 1.29 is 9.53 Å². The van der Waals surface area contributed by atoms with Crippen molar-refractivity contribution in [3.05, 3.63) is 0 Å². The van der Waals surface area contributed by atoms with Crippen LogP contribution in [0.15, 0.2) is 0 Å². The van der Waals surface area contributed by atoms with Crippen molar-refractivity contribution >= 4 is 5.91 Å². The maximum atomic E-state index is 11.4. The molecule has 0 unspecified atom stereocenters. The molecule has 14 heavy (non-hydrogen) atoms. The average Bonchev–Trinajstić information content (AvgIpc) is 2.93. The molecule has 0 saturated heterocycles. The van der Waals surface area contributed by atoms with Gasteiger partial charge in [-0.2, -0.15) is 0 Å².